The van der Waals surface area contributed by atoms with E-state index in [2.05, 4.69) is 15.0 Å². The minimum absolute atomic E-state index is 0.132. The van der Waals surface area contributed by atoms with Crippen molar-refractivity contribution in [2.45, 2.75) is 6.61 Å². The molecular weight excluding hydrogens is 400 g/mol. The number of imidazole rings is 1. The van der Waals surface area contributed by atoms with Crippen LogP contribution < -0.4 is 0 Å². The molecule has 0 atom stereocenters. The Kier molecular flexibility index (Phi) is 4.30. The Morgan fingerprint density at radius 2 is 1.90 bits per heavy atom. The van der Waals surface area contributed by atoms with Crippen molar-refractivity contribution in [1.82, 2.24) is 19.5 Å². The first kappa shape index (κ1) is 18.6. The average Bonchev–Trinajstić information content (AvgIpc) is 3.52. The van der Waals surface area contributed by atoms with E-state index in [1.165, 1.54) is 29.1 Å². The number of ketones is 1. The van der Waals surface area contributed by atoms with Gasteiger partial charge in [-0.1, -0.05) is 0 Å². The Labute approximate surface area is 174 Å². The fourth-order valence-electron chi connectivity index (χ4n) is 3.55. The highest BCUT2D eigenvalue weighted by Gasteiger charge is 2.31. The average molecular weight is 416 g/mol. The first-order valence-electron chi connectivity index (χ1n) is 9.33. The predicted octanol–water partition coefficient (Wildman–Crippen LogP) is 3.14. The number of H-pyrrole nitrogens is 1. The lowest BCUT2D eigenvalue weighted by Gasteiger charge is -2.10. The number of nitrogens with zero attached hydrogens (tertiary/aromatic N) is 3. The van der Waals surface area contributed by atoms with E-state index in [1.807, 2.05) is 0 Å². The largest absolute Gasteiger partial charge is 0.503 e. The van der Waals surface area contributed by atoms with Gasteiger partial charge in [-0.25, -0.2) is 4.98 Å². The number of pyridine rings is 1. The van der Waals surface area contributed by atoms with Gasteiger partial charge in [0, 0.05) is 18.0 Å². The summed E-state index contributed by atoms with van der Waals surface area (Å²) < 4.78 is 6.99. The number of carbonyl (C=O) groups excluding carboxylic acids is 1. The van der Waals surface area contributed by atoms with Crippen LogP contribution in [0.1, 0.15) is 21.7 Å². The van der Waals surface area contributed by atoms with Gasteiger partial charge in [0.05, 0.1) is 28.6 Å². The summed E-state index contributed by atoms with van der Waals surface area (Å²) in [6.07, 6.45) is 4.47. The normalized spacial score (nSPS) is 11.3. The number of hydrogen-bond donors (Lipinski definition) is 4. The molecule has 1 aromatic carbocycles. The maximum absolute atomic E-state index is 13.3. The van der Waals surface area contributed by atoms with Crippen molar-refractivity contribution in [3.05, 3.63) is 78.1 Å². The Bertz CT molecular complexity index is 1410. The molecule has 9 nitrogen and oxygen atoms in total. The molecule has 0 amide bonds. The van der Waals surface area contributed by atoms with Crippen LogP contribution in [0.2, 0.25) is 0 Å². The number of aromatic hydroxyl groups is 2. The van der Waals surface area contributed by atoms with Gasteiger partial charge in [-0.05, 0) is 42.5 Å². The standard InChI is InChI=1S/C22H16N4O5/c27-10-14-2-4-17(31-14)19-18(20(28)12-5-7-23-8-6-12)21(29)22(30)26(19)13-1-3-15-16(9-13)25-11-24-15/h1-9,11,27,29-30H,10H2,(H,24,25). The minimum atomic E-state index is -0.580. The smallest absolute Gasteiger partial charge is 0.240 e. The molecule has 0 unspecified atom stereocenters. The van der Waals surface area contributed by atoms with Crippen molar-refractivity contribution in [3.8, 4) is 28.8 Å². The monoisotopic (exact) mass is 416 g/mol. The maximum Gasteiger partial charge on any atom is 0.240 e. The van der Waals surface area contributed by atoms with Crippen LogP contribution in [0.4, 0.5) is 0 Å². The molecule has 154 valence electrons. The lowest BCUT2D eigenvalue weighted by molar-refractivity contribution is 0.103. The highest BCUT2D eigenvalue weighted by Crippen LogP contribution is 2.44. The van der Waals surface area contributed by atoms with Crippen LogP contribution >= 0.6 is 0 Å². The zero-order chi connectivity index (χ0) is 21.5. The van der Waals surface area contributed by atoms with Crippen LogP contribution in [-0.4, -0.2) is 40.6 Å². The second-order valence-electron chi connectivity index (χ2n) is 6.82. The number of aromatic amines is 1. The van der Waals surface area contributed by atoms with Crippen LogP contribution in [0.3, 0.4) is 0 Å². The van der Waals surface area contributed by atoms with E-state index in [9.17, 15) is 20.1 Å². The van der Waals surface area contributed by atoms with Gasteiger partial charge in [0.15, 0.2) is 17.3 Å². The number of aromatic nitrogens is 4. The summed E-state index contributed by atoms with van der Waals surface area (Å²) in [7, 11) is 0. The Hall–Kier alpha value is -4.37. The third-order valence-corrected chi connectivity index (χ3v) is 5.00. The molecule has 5 aromatic rings. The molecule has 31 heavy (non-hydrogen) atoms. The maximum atomic E-state index is 13.3. The summed E-state index contributed by atoms with van der Waals surface area (Å²) in [5.74, 6) is -1.15. The van der Waals surface area contributed by atoms with E-state index in [0.29, 0.717) is 11.2 Å². The van der Waals surface area contributed by atoms with Gasteiger partial charge in [0.1, 0.15) is 18.1 Å². The van der Waals surface area contributed by atoms with Crippen molar-refractivity contribution >= 4 is 16.8 Å². The molecule has 0 bridgehead atoms. The van der Waals surface area contributed by atoms with Gasteiger partial charge in [0.2, 0.25) is 5.88 Å². The predicted molar refractivity (Wildman–Crippen MR) is 110 cm³/mol. The molecule has 0 aliphatic carbocycles. The number of nitrogens with one attached hydrogen (secondary N) is 1. The zero-order valence-corrected chi connectivity index (χ0v) is 16.0. The molecular formula is C22H16N4O5. The highest BCUT2D eigenvalue weighted by molar-refractivity contribution is 6.15. The SMILES string of the molecule is O=C(c1ccncc1)c1c(O)c(O)n(-c2ccc3nc[nH]c3c2)c1-c1ccc(CO)o1. The summed E-state index contributed by atoms with van der Waals surface area (Å²) in [4.78, 5) is 24.4. The van der Waals surface area contributed by atoms with Crippen LogP contribution in [0, 0.1) is 0 Å². The van der Waals surface area contributed by atoms with Crippen LogP contribution in [0.15, 0.2) is 65.6 Å². The zero-order valence-electron chi connectivity index (χ0n) is 16.0. The van der Waals surface area contributed by atoms with Crippen molar-refractivity contribution in [1.29, 1.82) is 0 Å². The highest BCUT2D eigenvalue weighted by atomic mass is 16.4. The number of rotatable bonds is 5. The van der Waals surface area contributed by atoms with E-state index in [-0.39, 0.29) is 34.9 Å². The minimum Gasteiger partial charge on any atom is -0.503 e. The topological polar surface area (TPSA) is 137 Å². The van der Waals surface area contributed by atoms with Crippen LogP contribution in [-0.2, 0) is 6.61 Å². The van der Waals surface area contributed by atoms with Crippen molar-refractivity contribution in [2.24, 2.45) is 0 Å². The number of hydrogen-bond acceptors (Lipinski definition) is 7. The van der Waals surface area contributed by atoms with E-state index in [4.69, 9.17) is 4.42 Å². The fraction of sp³-hybridized carbons (Fsp3) is 0.0455. The molecule has 0 aliphatic heterocycles. The van der Waals surface area contributed by atoms with E-state index >= 15 is 0 Å². The third kappa shape index (κ3) is 2.95. The molecule has 4 heterocycles. The summed E-state index contributed by atoms with van der Waals surface area (Å²) in [6.45, 7) is -0.341. The van der Waals surface area contributed by atoms with Crippen molar-refractivity contribution in [3.63, 3.8) is 0 Å². The third-order valence-electron chi connectivity index (χ3n) is 5.00. The summed E-state index contributed by atoms with van der Waals surface area (Å²) in [5.41, 5.74) is 2.18. The first-order chi connectivity index (χ1) is 15.1. The molecule has 9 heteroatoms. The number of furan rings is 1. The molecule has 0 saturated carbocycles. The number of carbonyl (C=O) groups is 1. The lowest BCUT2D eigenvalue weighted by atomic mass is 10.0. The lowest BCUT2D eigenvalue weighted by Crippen LogP contribution is -2.04. The molecule has 5 rings (SSSR count). The Balaban J connectivity index is 1.80. The van der Waals surface area contributed by atoms with Crippen molar-refractivity contribution < 1.29 is 24.5 Å². The molecule has 4 N–H and O–H groups in total. The summed E-state index contributed by atoms with van der Waals surface area (Å²) in [6, 6.07) is 11.3. The molecule has 0 radical (unpaired) electrons. The van der Waals surface area contributed by atoms with Gasteiger partial charge < -0.3 is 24.7 Å². The second kappa shape index (κ2) is 7.15. The molecule has 0 aliphatic rings. The van der Waals surface area contributed by atoms with Crippen molar-refractivity contribution in [2.75, 3.05) is 0 Å². The fourth-order valence-corrected chi connectivity index (χ4v) is 3.55. The first-order valence-corrected chi connectivity index (χ1v) is 9.33. The number of fused-ring (bicyclic) bond motifs is 1. The second-order valence-corrected chi connectivity index (χ2v) is 6.82. The van der Waals surface area contributed by atoms with E-state index in [1.54, 1.807) is 36.7 Å². The molecule has 4 aromatic heterocycles. The molecule has 0 saturated heterocycles. The van der Waals surface area contributed by atoms with E-state index in [0.717, 1.165) is 5.52 Å². The van der Waals surface area contributed by atoms with Gasteiger partial charge in [-0.3, -0.25) is 14.3 Å². The summed E-state index contributed by atoms with van der Waals surface area (Å²) >= 11 is 0. The van der Waals surface area contributed by atoms with Gasteiger partial charge >= 0.3 is 0 Å². The van der Waals surface area contributed by atoms with E-state index < -0.39 is 17.4 Å². The number of benzene rings is 1. The number of aliphatic hydroxyl groups is 1. The van der Waals surface area contributed by atoms with Crippen LogP contribution in [0.5, 0.6) is 11.6 Å². The number of aliphatic hydroxyl groups excluding tert-OH is 1. The Morgan fingerprint density at radius 3 is 2.65 bits per heavy atom. The van der Waals surface area contributed by atoms with Gasteiger partial charge in [0.25, 0.3) is 0 Å². The Morgan fingerprint density at radius 1 is 1.10 bits per heavy atom. The van der Waals surface area contributed by atoms with Gasteiger partial charge in [-0.15, -0.1) is 0 Å². The quantitative estimate of drug-likeness (QED) is 0.323. The van der Waals surface area contributed by atoms with Gasteiger partial charge in [-0.2, -0.15) is 0 Å². The summed E-state index contributed by atoms with van der Waals surface area (Å²) in [5, 5.41) is 31.0. The molecule has 0 fully saturated rings. The molecule has 0 spiro atoms. The van der Waals surface area contributed by atoms with Crippen LogP contribution in [0.25, 0.3) is 28.2 Å².